The highest BCUT2D eigenvalue weighted by atomic mass is 15.2. The summed E-state index contributed by atoms with van der Waals surface area (Å²) in [5.74, 6) is 0. The zero-order valence-electron chi connectivity index (χ0n) is 9.69. The summed E-state index contributed by atoms with van der Waals surface area (Å²) in [7, 11) is 4.31. The molecule has 1 aliphatic heterocycles. The molecule has 2 nitrogen and oxygen atoms in total. The second-order valence-electron chi connectivity index (χ2n) is 4.59. The van der Waals surface area contributed by atoms with Crippen LogP contribution in [-0.2, 0) is 0 Å². The van der Waals surface area contributed by atoms with E-state index in [4.69, 9.17) is 0 Å². The Labute approximate surface area is 92.5 Å². The maximum Gasteiger partial charge on any atom is 0.0417 e. The standard InChI is InChI=1S/C13H20N2/c1-14(2)11-13-9-6-10-15(13)12-7-4-3-5-8-12/h3-5,7-8,13H,6,9-11H2,1-2H3. The van der Waals surface area contributed by atoms with E-state index in [0.717, 1.165) is 6.54 Å². The highest BCUT2D eigenvalue weighted by molar-refractivity contribution is 5.48. The van der Waals surface area contributed by atoms with Crippen LogP contribution in [0.4, 0.5) is 5.69 Å². The van der Waals surface area contributed by atoms with Gasteiger partial charge in [0.2, 0.25) is 0 Å². The predicted octanol–water partition coefficient (Wildman–Crippen LogP) is 2.22. The van der Waals surface area contributed by atoms with Crippen molar-refractivity contribution < 1.29 is 0 Å². The molecule has 1 heterocycles. The molecule has 2 rings (SSSR count). The van der Waals surface area contributed by atoms with Gasteiger partial charge in [-0.3, -0.25) is 0 Å². The summed E-state index contributed by atoms with van der Waals surface area (Å²) in [6.07, 6.45) is 2.65. The van der Waals surface area contributed by atoms with E-state index >= 15 is 0 Å². The Balaban J connectivity index is 2.08. The third kappa shape index (κ3) is 2.51. The molecular weight excluding hydrogens is 184 g/mol. The lowest BCUT2D eigenvalue weighted by Gasteiger charge is -2.28. The average Bonchev–Trinajstić information content (AvgIpc) is 2.66. The number of likely N-dealkylation sites (N-methyl/N-ethyl adjacent to an activating group) is 1. The number of anilines is 1. The van der Waals surface area contributed by atoms with Gasteiger partial charge in [0.05, 0.1) is 0 Å². The van der Waals surface area contributed by atoms with Crippen LogP contribution in [0.3, 0.4) is 0 Å². The molecule has 1 saturated heterocycles. The lowest BCUT2D eigenvalue weighted by molar-refractivity contribution is 0.372. The van der Waals surface area contributed by atoms with Gasteiger partial charge in [-0.15, -0.1) is 0 Å². The molecule has 0 aromatic heterocycles. The molecule has 0 radical (unpaired) electrons. The van der Waals surface area contributed by atoms with E-state index < -0.39 is 0 Å². The topological polar surface area (TPSA) is 6.48 Å². The minimum Gasteiger partial charge on any atom is -0.367 e. The van der Waals surface area contributed by atoms with E-state index in [1.54, 1.807) is 0 Å². The average molecular weight is 204 g/mol. The zero-order chi connectivity index (χ0) is 10.7. The summed E-state index contributed by atoms with van der Waals surface area (Å²) in [5.41, 5.74) is 1.38. The van der Waals surface area contributed by atoms with E-state index in [2.05, 4.69) is 54.2 Å². The van der Waals surface area contributed by atoms with Crippen molar-refractivity contribution in [3.05, 3.63) is 30.3 Å². The molecule has 0 saturated carbocycles. The normalized spacial score (nSPS) is 21.3. The van der Waals surface area contributed by atoms with Gasteiger partial charge in [0.1, 0.15) is 0 Å². The number of hydrogen-bond donors (Lipinski definition) is 0. The Kier molecular flexibility index (Phi) is 3.27. The van der Waals surface area contributed by atoms with Crippen LogP contribution in [0.25, 0.3) is 0 Å². The molecule has 1 fully saturated rings. The smallest absolute Gasteiger partial charge is 0.0417 e. The van der Waals surface area contributed by atoms with Crippen molar-refractivity contribution in [3.8, 4) is 0 Å². The molecule has 15 heavy (non-hydrogen) atoms. The quantitative estimate of drug-likeness (QED) is 0.745. The molecule has 0 spiro atoms. The first-order chi connectivity index (χ1) is 7.27. The van der Waals surface area contributed by atoms with Crippen molar-refractivity contribution in [2.45, 2.75) is 18.9 Å². The lowest BCUT2D eigenvalue weighted by atomic mass is 10.2. The van der Waals surface area contributed by atoms with Crippen LogP contribution in [0.5, 0.6) is 0 Å². The van der Waals surface area contributed by atoms with E-state index in [-0.39, 0.29) is 0 Å². The fourth-order valence-corrected chi connectivity index (χ4v) is 2.41. The third-order valence-electron chi connectivity index (χ3n) is 3.04. The monoisotopic (exact) mass is 204 g/mol. The Hall–Kier alpha value is -1.02. The van der Waals surface area contributed by atoms with Gasteiger partial charge in [0.15, 0.2) is 0 Å². The van der Waals surface area contributed by atoms with Gasteiger partial charge in [0.25, 0.3) is 0 Å². The van der Waals surface area contributed by atoms with Gasteiger partial charge in [-0.25, -0.2) is 0 Å². The molecular formula is C13H20N2. The van der Waals surface area contributed by atoms with Crippen molar-refractivity contribution in [3.63, 3.8) is 0 Å². The Morgan fingerprint density at radius 2 is 2.00 bits per heavy atom. The van der Waals surface area contributed by atoms with Crippen molar-refractivity contribution in [1.82, 2.24) is 4.90 Å². The van der Waals surface area contributed by atoms with Crippen molar-refractivity contribution in [1.29, 1.82) is 0 Å². The first-order valence-corrected chi connectivity index (χ1v) is 5.74. The largest absolute Gasteiger partial charge is 0.367 e. The number of rotatable bonds is 3. The number of para-hydroxylation sites is 1. The van der Waals surface area contributed by atoms with E-state index in [1.807, 2.05) is 0 Å². The Bertz CT molecular complexity index is 295. The molecule has 0 bridgehead atoms. The predicted molar refractivity (Wildman–Crippen MR) is 65.4 cm³/mol. The van der Waals surface area contributed by atoms with Crippen molar-refractivity contribution >= 4 is 5.69 Å². The second-order valence-corrected chi connectivity index (χ2v) is 4.59. The fourth-order valence-electron chi connectivity index (χ4n) is 2.41. The van der Waals surface area contributed by atoms with Gasteiger partial charge < -0.3 is 9.80 Å². The fraction of sp³-hybridized carbons (Fsp3) is 0.538. The SMILES string of the molecule is CN(C)CC1CCCN1c1ccccc1. The minimum absolute atomic E-state index is 0.697. The van der Waals surface area contributed by atoms with E-state index in [9.17, 15) is 0 Å². The van der Waals surface area contributed by atoms with Crippen LogP contribution >= 0.6 is 0 Å². The summed E-state index contributed by atoms with van der Waals surface area (Å²) in [6.45, 7) is 2.37. The van der Waals surface area contributed by atoms with Crippen molar-refractivity contribution in [2.24, 2.45) is 0 Å². The molecule has 1 aromatic rings. The molecule has 1 aromatic carbocycles. The summed E-state index contributed by atoms with van der Waals surface area (Å²) in [6, 6.07) is 11.5. The number of benzene rings is 1. The van der Waals surface area contributed by atoms with E-state index in [0.29, 0.717) is 6.04 Å². The summed E-state index contributed by atoms with van der Waals surface area (Å²) >= 11 is 0. The molecule has 1 aliphatic rings. The van der Waals surface area contributed by atoms with Crippen LogP contribution in [0.15, 0.2) is 30.3 Å². The van der Waals surface area contributed by atoms with Gasteiger partial charge >= 0.3 is 0 Å². The molecule has 0 N–H and O–H groups in total. The van der Waals surface area contributed by atoms with Crippen LogP contribution in [-0.4, -0.2) is 38.1 Å². The maximum atomic E-state index is 2.54. The third-order valence-corrected chi connectivity index (χ3v) is 3.04. The summed E-state index contributed by atoms with van der Waals surface area (Å²) in [5, 5.41) is 0. The van der Waals surface area contributed by atoms with Crippen LogP contribution in [0, 0.1) is 0 Å². The number of nitrogens with zero attached hydrogens (tertiary/aromatic N) is 2. The molecule has 0 aliphatic carbocycles. The zero-order valence-corrected chi connectivity index (χ0v) is 9.69. The molecule has 1 atom stereocenters. The Morgan fingerprint density at radius 3 is 2.67 bits per heavy atom. The number of hydrogen-bond acceptors (Lipinski definition) is 2. The molecule has 82 valence electrons. The lowest BCUT2D eigenvalue weighted by Crippen LogP contribution is -2.37. The molecule has 1 unspecified atom stereocenters. The maximum absolute atomic E-state index is 2.54. The van der Waals surface area contributed by atoms with Gasteiger partial charge in [-0.2, -0.15) is 0 Å². The summed E-state index contributed by atoms with van der Waals surface area (Å²) in [4.78, 5) is 4.83. The minimum atomic E-state index is 0.697. The van der Waals surface area contributed by atoms with Crippen LogP contribution in [0.2, 0.25) is 0 Å². The van der Waals surface area contributed by atoms with Gasteiger partial charge in [0, 0.05) is 24.8 Å². The van der Waals surface area contributed by atoms with Crippen LogP contribution < -0.4 is 4.90 Å². The van der Waals surface area contributed by atoms with Gasteiger partial charge in [-0.05, 0) is 39.1 Å². The van der Waals surface area contributed by atoms with E-state index in [1.165, 1.54) is 25.1 Å². The second kappa shape index (κ2) is 4.67. The highest BCUT2D eigenvalue weighted by Crippen LogP contribution is 2.25. The highest BCUT2D eigenvalue weighted by Gasteiger charge is 2.24. The van der Waals surface area contributed by atoms with Crippen molar-refractivity contribution in [2.75, 3.05) is 32.1 Å². The first kappa shape index (κ1) is 10.5. The first-order valence-electron chi connectivity index (χ1n) is 5.74. The van der Waals surface area contributed by atoms with Crippen LogP contribution in [0.1, 0.15) is 12.8 Å². The molecule has 0 amide bonds. The summed E-state index contributed by atoms with van der Waals surface area (Å²) < 4.78 is 0. The van der Waals surface area contributed by atoms with Gasteiger partial charge in [-0.1, -0.05) is 18.2 Å². The Morgan fingerprint density at radius 1 is 1.27 bits per heavy atom. The molecule has 2 heteroatoms.